The number of halogens is 2. The molecule has 0 fully saturated rings. The Morgan fingerprint density at radius 3 is 2.48 bits per heavy atom. The van der Waals surface area contributed by atoms with Gasteiger partial charge in [0.05, 0.1) is 11.8 Å². The molecule has 2 aromatic carbocycles. The zero-order chi connectivity index (χ0) is 15.4. The van der Waals surface area contributed by atoms with Gasteiger partial charge in [0.25, 0.3) is 0 Å². The minimum atomic E-state index is 0.194. The smallest absolute Gasteiger partial charge is 0.119 e. The second-order valence-electron chi connectivity index (χ2n) is 5.25. The zero-order valence-corrected chi connectivity index (χ0v) is 14.8. The van der Waals surface area contributed by atoms with Gasteiger partial charge in [0.15, 0.2) is 0 Å². The number of rotatable bonds is 5. The highest BCUT2D eigenvalue weighted by atomic mass is 79.9. The lowest BCUT2D eigenvalue weighted by Gasteiger charge is -2.12. The summed E-state index contributed by atoms with van der Waals surface area (Å²) in [6.45, 7) is 6.77. The predicted octanol–water partition coefficient (Wildman–Crippen LogP) is 5.81. The third-order valence-corrected chi connectivity index (χ3v) is 4.09. The summed E-state index contributed by atoms with van der Waals surface area (Å²) in [5.74, 6) is 0.897. The summed E-state index contributed by atoms with van der Waals surface area (Å²) >= 11 is 9.71. The molecule has 0 heterocycles. The zero-order valence-electron chi connectivity index (χ0n) is 12.4. The van der Waals surface area contributed by atoms with Gasteiger partial charge in [-0.05, 0) is 72.1 Å². The number of hydrogen-bond donors (Lipinski definition) is 1. The molecular weight excluding hydrogens is 350 g/mol. The van der Waals surface area contributed by atoms with Crippen LogP contribution < -0.4 is 10.1 Å². The van der Waals surface area contributed by atoms with Crippen molar-refractivity contribution in [3.05, 3.63) is 57.0 Å². The molecule has 1 N–H and O–H groups in total. The summed E-state index contributed by atoms with van der Waals surface area (Å²) in [4.78, 5) is 0. The van der Waals surface area contributed by atoms with Crippen molar-refractivity contribution in [2.24, 2.45) is 0 Å². The van der Waals surface area contributed by atoms with E-state index in [4.69, 9.17) is 16.3 Å². The van der Waals surface area contributed by atoms with Crippen LogP contribution in [-0.2, 0) is 6.54 Å². The first-order valence-corrected chi connectivity index (χ1v) is 8.08. The first kappa shape index (κ1) is 16.2. The van der Waals surface area contributed by atoms with E-state index in [1.807, 2.05) is 45.0 Å². The summed E-state index contributed by atoms with van der Waals surface area (Å²) in [6.07, 6.45) is 0.194. The van der Waals surface area contributed by atoms with Crippen molar-refractivity contribution in [3.63, 3.8) is 0 Å². The van der Waals surface area contributed by atoms with Crippen LogP contribution in [0.4, 0.5) is 5.69 Å². The van der Waals surface area contributed by atoms with Crippen molar-refractivity contribution in [2.75, 3.05) is 5.32 Å². The van der Waals surface area contributed by atoms with Gasteiger partial charge in [-0.2, -0.15) is 0 Å². The van der Waals surface area contributed by atoms with Crippen molar-refractivity contribution in [2.45, 2.75) is 33.4 Å². The van der Waals surface area contributed by atoms with E-state index in [0.717, 1.165) is 33.0 Å². The first-order chi connectivity index (χ1) is 9.95. The summed E-state index contributed by atoms with van der Waals surface area (Å²) in [7, 11) is 0. The highest BCUT2D eigenvalue weighted by molar-refractivity contribution is 9.10. The van der Waals surface area contributed by atoms with E-state index in [2.05, 4.69) is 33.4 Å². The average Bonchev–Trinajstić information content (AvgIpc) is 2.42. The molecule has 0 saturated carbocycles. The minimum Gasteiger partial charge on any atom is -0.491 e. The van der Waals surface area contributed by atoms with Crippen molar-refractivity contribution < 1.29 is 4.74 Å². The Hall–Kier alpha value is -1.19. The molecule has 112 valence electrons. The maximum absolute atomic E-state index is 6.16. The molecule has 0 aliphatic heterocycles. The fourth-order valence-corrected chi connectivity index (χ4v) is 2.70. The summed E-state index contributed by atoms with van der Waals surface area (Å²) in [5, 5.41) is 4.15. The van der Waals surface area contributed by atoms with Gasteiger partial charge < -0.3 is 10.1 Å². The molecule has 2 rings (SSSR count). The quantitative estimate of drug-likeness (QED) is 0.719. The van der Waals surface area contributed by atoms with Gasteiger partial charge in [0.1, 0.15) is 5.75 Å². The van der Waals surface area contributed by atoms with Crippen molar-refractivity contribution in [3.8, 4) is 5.75 Å². The van der Waals surface area contributed by atoms with Crippen LogP contribution in [0, 0.1) is 6.92 Å². The largest absolute Gasteiger partial charge is 0.491 e. The Kier molecular flexibility index (Phi) is 5.54. The fraction of sp³-hybridized carbons (Fsp3) is 0.294. The molecular formula is C17H19BrClNO. The molecule has 0 unspecified atom stereocenters. The standard InChI is InChI=1S/C17H19BrClNO/c1-11(2)21-14-6-4-13(5-7-14)10-20-17-9-16(19)12(3)8-15(17)18/h4-9,11,20H,10H2,1-3H3. The van der Waals surface area contributed by atoms with Crippen LogP contribution in [0.1, 0.15) is 25.0 Å². The topological polar surface area (TPSA) is 21.3 Å². The number of benzene rings is 2. The summed E-state index contributed by atoms with van der Waals surface area (Å²) in [5.41, 5.74) is 3.24. The lowest BCUT2D eigenvalue weighted by molar-refractivity contribution is 0.242. The Morgan fingerprint density at radius 1 is 1.19 bits per heavy atom. The van der Waals surface area contributed by atoms with Gasteiger partial charge in [0.2, 0.25) is 0 Å². The molecule has 0 aliphatic rings. The molecule has 0 radical (unpaired) electrons. The van der Waals surface area contributed by atoms with E-state index in [0.29, 0.717) is 0 Å². The molecule has 0 aromatic heterocycles. The Balaban J connectivity index is 2.01. The van der Waals surface area contributed by atoms with E-state index < -0.39 is 0 Å². The Morgan fingerprint density at radius 2 is 1.86 bits per heavy atom. The highest BCUT2D eigenvalue weighted by Crippen LogP contribution is 2.29. The number of ether oxygens (including phenoxy) is 1. The molecule has 4 heteroatoms. The fourth-order valence-electron chi connectivity index (χ4n) is 1.94. The highest BCUT2D eigenvalue weighted by Gasteiger charge is 2.04. The van der Waals surface area contributed by atoms with Crippen molar-refractivity contribution in [1.29, 1.82) is 0 Å². The molecule has 21 heavy (non-hydrogen) atoms. The minimum absolute atomic E-state index is 0.194. The van der Waals surface area contributed by atoms with Gasteiger partial charge in [-0.3, -0.25) is 0 Å². The van der Waals surface area contributed by atoms with Crippen LogP contribution in [0.3, 0.4) is 0 Å². The molecule has 2 aromatic rings. The maximum atomic E-state index is 6.16. The predicted molar refractivity (Wildman–Crippen MR) is 93.4 cm³/mol. The van der Waals surface area contributed by atoms with Crippen LogP contribution in [0.5, 0.6) is 5.75 Å². The van der Waals surface area contributed by atoms with Crippen molar-refractivity contribution in [1.82, 2.24) is 0 Å². The second-order valence-corrected chi connectivity index (χ2v) is 6.51. The van der Waals surface area contributed by atoms with Crippen LogP contribution in [0.25, 0.3) is 0 Å². The number of aryl methyl sites for hydroxylation is 1. The molecule has 0 atom stereocenters. The van der Waals surface area contributed by atoms with Gasteiger partial charge in [-0.25, -0.2) is 0 Å². The van der Waals surface area contributed by atoms with E-state index in [9.17, 15) is 0 Å². The SMILES string of the molecule is Cc1cc(Br)c(NCc2ccc(OC(C)C)cc2)cc1Cl. The van der Waals surface area contributed by atoms with Gasteiger partial charge in [0, 0.05) is 16.0 Å². The molecule has 0 bridgehead atoms. The Bertz CT molecular complexity index is 611. The molecule has 0 amide bonds. The molecule has 2 nitrogen and oxygen atoms in total. The molecule has 0 saturated heterocycles. The van der Waals surface area contributed by atoms with E-state index in [1.54, 1.807) is 0 Å². The second kappa shape index (κ2) is 7.19. The van der Waals surface area contributed by atoms with Crippen LogP contribution in [0.2, 0.25) is 5.02 Å². The van der Waals surface area contributed by atoms with Crippen LogP contribution in [-0.4, -0.2) is 6.10 Å². The van der Waals surface area contributed by atoms with Crippen LogP contribution in [0.15, 0.2) is 40.9 Å². The lowest BCUT2D eigenvalue weighted by atomic mass is 10.2. The van der Waals surface area contributed by atoms with E-state index in [1.165, 1.54) is 5.56 Å². The monoisotopic (exact) mass is 367 g/mol. The van der Waals surface area contributed by atoms with Crippen LogP contribution >= 0.6 is 27.5 Å². The summed E-state index contributed by atoms with van der Waals surface area (Å²) < 4.78 is 6.65. The van der Waals surface area contributed by atoms with Crippen molar-refractivity contribution >= 4 is 33.2 Å². The van der Waals surface area contributed by atoms with E-state index in [-0.39, 0.29) is 6.10 Å². The normalized spacial score (nSPS) is 10.8. The van der Waals surface area contributed by atoms with Gasteiger partial charge >= 0.3 is 0 Å². The van der Waals surface area contributed by atoms with Gasteiger partial charge in [-0.15, -0.1) is 0 Å². The molecule has 0 spiro atoms. The Labute approximate surface area is 139 Å². The number of anilines is 1. The molecule has 0 aliphatic carbocycles. The lowest BCUT2D eigenvalue weighted by Crippen LogP contribution is -2.05. The number of hydrogen-bond acceptors (Lipinski definition) is 2. The first-order valence-electron chi connectivity index (χ1n) is 6.91. The third-order valence-electron chi connectivity index (χ3n) is 3.03. The third kappa shape index (κ3) is 4.65. The summed E-state index contributed by atoms with van der Waals surface area (Å²) in [6, 6.07) is 12.1. The van der Waals surface area contributed by atoms with Gasteiger partial charge in [-0.1, -0.05) is 23.7 Å². The average molecular weight is 369 g/mol. The van der Waals surface area contributed by atoms with E-state index >= 15 is 0 Å². The maximum Gasteiger partial charge on any atom is 0.119 e. The number of nitrogens with one attached hydrogen (secondary N) is 1.